The SMILES string of the molecule is CCOC(=O)Nc1nc2c(s1)CN(C(=O)c1cccn(C)c1=O)CC2. The molecule has 0 aromatic carbocycles. The first-order valence-electron chi connectivity index (χ1n) is 7.87. The Morgan fingerprint density at radius 1 is 1.44 bits per heavy atom. The molecular weight excluding hydrogens is 344 g/mol. The number of hydrogen-bond acceptors (Lipinski definition) is 6. The summed E-state index contributed by atoms with van der Waals surface area (Å²) in [6.07, 6.45) is 1.65. The summed E-state index contributed by atoms with van der Waals surface area (Å²) in [5.74, 6) is -0.292. The quantitative estimate of drug-likeness (QED) is 0.895. The van der Waals surface area contributed by atoms with Crippen molar-refractivity contribution in [2.75, 3.05) is 18.5 Å². The van der Waals surface area contributed by atoms with E-state index in [2.05, 4.69) is 10.3 Å². The predicted molar refractivity (Wildman–Crippen MR) is 92.9 cm³/mol. The number of anilines is 1. The van der Waals surface area contributed by atoms with Crippen molar-refractivity contribution in [2.24, 2.45) is 7.05 Å². The van der Waals surface area contributed by atoms with Crippen LogP contribution in [0, 0.1) is 0 Å². The lowest BCUT2D eigenvalue weighted by atomic mass is 10.1. The van der Waals surface area contributed by atoms with Gasteiger partial charge in [-0.15, -0.1) is 0 Å². The highest BCUT2D eigenvalue weighted by atomic mass is 32.1. The van der Waals surface area contributed by atoms with Gasteiger partial charge in [0.1, 0.15) is 5.56 Å². The van der Waals surface area contributed by atoms with Crippen LogP contribution in [0.1, 0.15) is 27.9 Å². The number of nitrogens with zero attached hydrogens (tertiary/aromatic N) is 3. The van der Waals surface area contributed by atoms with E-state index in [1.54, 1.807) is 37.2 Å². The Morgan fingerprint density at radius 2 is 2.24 bits per heavy atom. The second-order valence-corrected chi connectivity index (χ2v) is 6.63. The number of hydrogen-bond donors (Lipinski definition) is 1. The van der Waals surface area contributed by atoms with Gasteiger partial charge in [0.05, 0.1) is 18.8 Å². The summed E-state index contributed by atoms with van der Waals surface area (Å²) in [5.41, 5.74) is 0.705. The van der Waals surface area contributed by atoms with Crippen molar-refractivity contribution in [3.05, 3.63) is 44.8 Å². The highest BCUT2D eigenvalue weighted by Crippen LogP contribution is 2.28. The molecule has 0 radical (unpaired) electrons. The molecule has 9 heteroatoms. The van der Waals surface area contributed by atoms with Gasteiger partial charge in [0.2, 0.25) is 0 Å². The fourth-order valence-electron chi connectivity index (χ4n) is 2.61. The van der Waals surface area contributed by atoms with Crippen LogP contribution in [0.15, 0.2) is 23.1 Å². The van der Waals surface area contributed by atoms with Gasteiger partial charge in [-0.3, -0.25) is 14.9 Å². The predicted octanol–water partition coefficient (Wildman–Crippen LogP) is 1.61. The van der Waals surface area contributed by atoms with Crippen molar-refractivity contribution in [1.29, 1.82) is 0 Å². The summed E-state index contributed by atoms with van der Waals surface area (Å²) >= 11 is 1.31. The largest absolute Gasteiger partial charge is 0.450 e. The molecule has 1 aliphatic rings. The topological polar surface area (TPSA) is 93.5 Å². The van der Waals surface area contributed by atoms with E-state index >= 15 is 0 Å². The van der Waals surface area contributed by atoms with Gasteiger partial charge in [-0.1, -0.05) is 11.3 Å². The Morgan fingerprint density at radius 3 is 3.00 bits per heavy atom. The van der Waals surface area contributed by atoms with E-state index in [4.69, 9.17) is 4.74 Å². The van der Waals surface area contributed by atoms with E-state index in [0.717, 1.165) is 10.6 Å². The van der Waals surface area contributed by atoms with Crippen molar-refractivity contribution >= 4 is 28.5 Å². The van der Waals surface area contributed by atoms with Crippen molar-refractivity contribution in [3.63, 3.8) is 0 Å². The van der Waals surface area contributed by atoms with E-state index in [0.29, 0.717) is 24.6 Å². The van der Waals surface area contributed by atoms with Crippen molar-refractivity contribution in [1.82, 2.24) is 14.5 Å². The molecule has 8 nitrogen and oxygen atoms in total. The van der Waals surface area contributed by atoms with Crippen LogP contribution in [-0.4, -0.2) is 39.6 Å². The van der Waals surface area contributed by atoms with E-state index in [9.17, 15) is 14.4 Å². The Labute approximate surface area is 148 Å². The van der Waals surface area contributed by atoms with E-state index in [1.807, 2.05) is 0 Å². The monoisotopic (exact) mass is 362 g/mol. The van der Waals surface area contributed by atoms with E-state index < -0.39 is 6.09 Å². The number of carbonyl (C=O) groups is 2. The molecule has 0 unspecified atom stereocenters. The van der Waals surface area contributed by atoms with Gasteiger partial charge < -0.3 is 14.2 Å². The molecule has 1 aliphatic heterocycles. The maximum Gasteiger partial charge on any atom is 0.413 e. The minimum atomic E-state index is -0.547. The van der Waals surface area contributed by atoms with Crippen LogP contribution in [0.5, 0.6) is 0 Å². The molecule has 0 spiro atoms. The number of ether oxygens (including phenoxy) is 1. The molecule has 25 heavy (non-hydrogen) atoms. The number of amides is 2. The normalized spacial score (nSPS) is 13.3. The number of thiazole rings is 1. The van der Waals surface area contributed by atoms with Gasteiger partial charge in [0, 0.05) is 31.1 Å². The molecule has 0 saturated heterocycles. The smallest absolute Gasteiger partial charge is 0.413 e. The highest BCUT2D eigenvalue weighted by Gasteiger charge is 2.26. The van der Waals surface area contributed by atoms with Crippen molar-refractivity contribution in [2.45, 2.75) is 19.9 Å². The lowest BCUT2D eigenvalue weighted by molar-refractivity contribution is 0.0733. The molecule has 2 aromatic rings. The average Bonchev–Trinajstić information content (AvgIpc) is 2.98. The lowest BCUT2D eigenvalue weighted by Gasteiger charge is -2.25. The third kappa shape index (κ3) is 3.55. The first-order chi connectivity index (χ1) is 12.0. The minimum absolute atomic E-state index is 0.155. The fraction of sp³-hybridized carbons (Fsp3) is 0.375. The number of carbonyl (C=O) groups excluding carboxylic acids is 2. The van der Waals surface area contributed by atoms with Gasteiger partial charge in [0.25, 0.3) is 11.5 Å². The second kappa shape index (κ2) is 7.06. The molecule has 0 fully saturated rings. The summed E-state index contributed by atoms with van der Waals surface area (Å²) in [4.78, 5) is 43.2. The summed E-state index contributed by atoms with van der Waals surface area (Å²) in [6.45, 7) is 2.86. The number of aromatic nitrogens is 2. The minimum Gasteiger partial charge on any atom is -0.450 e. The molecular formula is C16H18N4O4S. The summed E-state index contributed by atoms with van der Waals surface area (Å²) < 4.78 is 6.22. The zero-order chi connectivity index (χ0) is 18.0. The lowest BCUT2D eigenvalue weighted by Crippen LogP contribution is -2.39. The number of pyridine rings is 1. The maximum absolute atomic E-state index is 12.7. The number of fused-ring (bicyclic) bond motifs is 1. The van der Waals surface area contributed by atoms with Gasteiger partial charge in [-0.2, -0.15) is 0 Å². The van der Waals surface area contributed by atoms with Crippen LogP contribution in [0.4, 0.5) is 9.93 Å². The maximum atomic E-state index is 12.7. The zero-order valence-corrected chi connectivity index (χ0v) is 14.8. The Balaban J connectivity index is 1.76. The van der Waals surface area contributed by atoms with Crippen molar-refractivity contribution < 1.29 is 14.3 Å². The molecule has 0 aliphatic carbocycles. The second-order valence-electron chi connectivity index (χ2n) is 5.55. The van der Waals surface area contributed by atoms with Gasteiger partial charge in [-0.25, -0.2) is 9.78 Å². The molecule has 0 bridgehead atoms. The van der Waals surface area contributed by atoms with Crippen LogP contribution >= 0.6 is 11.3 Å². The molecule has 1 N–H and O–H groups in total. The first kappa shape index (κ1) is 17.2. The molecule has 0 saturated carbocycles. The third-order valence-corrected chi connectivity index (χ3v) is 4.85. The van der Waals surface area contributed by atoms with E-state index in [-0.39, 0.29) is 23.6 Å². The summed E-state index contributed by atoms with van der Waals surface area (Å²) in [6, 6.07) is 3.22. The van der Waals surface area contributed by atoms with Crippen molar-refractivity contribution in [3.8, 4) is 0 Å². The van der Waals surface area contributed by atoms with E-state index in [1.165, 1.54) is 15.9 Å². The van der Waals surface area contributed by atoms with Gasteiger partial charge >= 0.3 is 6.09 Å². The summed E-state index contributed by atoms with van der Waals surface area (Å²) in [5, 5.41) is 3.03. The Kier molecular flexibility index (Phi) is 4.84. The third-order valence-electron chi connectivity index (χ3n) is 3.86. The number of rotatable bonds is 3. The standard InChI is InChI=1S/C16H18N4O4S/c1-3-24-16(23)18-15-17-11-6-8-20(9-12(11)25-15)14(22)10-5-4-7-19(2)13(10)21/h4-5,7H,3,6,8-9H2,1-2H3,(H,17,18,23). The fourth-order valence-corrected chi connectivity index (χ4v) is 3.62. The first-order valence-corrected chi connectivity index (χ1v) is 8.68. The van der Waals surface area contributed by atoms with Crippen LogP contribution in [0.3, 0.4) is 0 Å². The zero-order valence-electron chi connectivity index (χ0n) is 13.9. The molecule has 3 heterocycles. The number of nitrogens with one attached hydrogen (secondary N) is 1. The molecule has 2 aromatic heterocycles. The molecule has 2 amide bonds. The molecule has 3 rings (SSSR count). The Hall–Kier alpha value is -2.68. The van der Waals surface area contributed by atoms with Gasteiger partial charge in [-0.05, 0) is 19.1 Å². The average molecular weight is 362 g/mol. The number of aryl methyl sites for hydroxylation is 1. The highest BCUT2D eigenvalue weighted by molar-refractivity contribution is 7.15. The van der Waals surface area contributed by atoms with Crippen LogP contribution < -0.4 is 10.9 Å². The van der Waals surface area contributed by atoms with Crippen LogP contribution in [0.2, 0.25) is 0 Å². The summed E-state index contributed by atoms with van der Waals surface area (Å²) in [7, 11) is 1.62. The van der Waals surface area contributed by atoms with Crippen LogP contribution in [-0.2, 0) is 24.8 Å². The molecule has 132 valence electrons. The van der Waals surface area contributed by atoms with Crippen LogP contribution in [0.25, 0.3) is 0 Å². The van der Waals surface area contributed by atoms with Gasteiger partial charge in [0.15, 0.2) is 5.13 Å². The molecule has 0 atom stereocenters. The Bertz CT molecular complexity index is 873.